The number of ether oxygens (including phenoxy) is 6. The third kappa shape index (κ3) is 14.8. The van der Waals surface area contributed by atoms with Crippen molar-refractivity contribution in [1.82, 2.24) is 0 Å². The molecule has 10 heteroatoms. The summed E-state index contributed by atoms with van der Waals surface area (Å²) in [5.74, 6) is 4.67. The highest BCUT2D eigenvalue weighted by atomic mass is 16.5. The van der Waals surface area contributed by atoms with Crippen LogP contribution in [-0.4, -0.2) is 37.6 Å². The lowest BCUT2D eigenvalue weighted by molar-refractivity contribution is 0.242. The number of aryl methyl sites for hydroxylation is 4. The highest BCUT2D eigenvalue weighted by Gasteiger charge is 2.33. The van der Waals surface area contributed by atoms with E-state index in [2.05, 4.69) is 335 Å². The first kappa shape index (κ1) is 67.7. The van der Waals surface area contributed by atoms with Crippen LogP contribution in [0.15, 0.2) is 218 Å². The normalized spacial score (nSPS) is 11.6. The fraction of sp³-hybridized carbons (Fsp3) is 0.273. The minimum atomic E-state index is -0.0123. The zero-order chi connectivity index (χ0) is 68.7. The van der Waals surface area contributed by atoms with Gasteiger partial charge in [0.1, 0.15) is 34.5 Å². The minimum absolute atomic E-state index is 0.0112. The Hall–Kier alpha value is -10.3. The number of rotatable bonds is 28. The van der Waals surface area contributed by atoms with Gasteiger partial charge in [-0.25, -0.2) is 0 Å². The molecule has 0 aliphatic heterocycles. The van der Waals surface area contributed by atoms with Gasteiger partial charge in [-0.15, -0.1) is 0 Å². The molecule has 0 aromatic heterocycles. The van der Waals surface area contributed by atoms with E-state index in [1.807, 2.05) is 0 Å². The SMILES string of the molecule is CCCCOc1cc2c(N(c3ccc(C)cc3)c3ccc(OC(C)C)cc3)cc(N(c3ccc(C)cc3)c3ccc(OC(C)C)cc3)c3c(OCCCC)cc4c(N(c5ccc(C)cc5)c5ccc(OC(C)C)cc5)cc(N(c5ccc(C)cc5)c5ccc(OC(C)C)cc5)c1c4c23. The van der Waals surface area contributed by atoms with Crippen molar-refractivity contribution >= 4 is 101 Å². The summed E-state index contributed by atoms with van der Waals surface area (Å²) < 4.78 is 40.7. The smallest absolute Gasteiger partial charge is 0.129 e. The van der Waals surface area contributed by atoms with E-state index in [0.29, 0.717) is 13.2 Å². The van der Waals surface area contributed by atoms with E-state index in [1.54, 1.807) is 0 Å². The van der Waals surface area contributed by atoms with Gasteiger partial charge in [0, 0.05) is 77.8 Å². The van der Waals surface area contributed by atoms with Crippen molar-refractivity contribution < 1.29 is 28.4 Å². The molecule has 502 valence electrons. The average molecular weight is 1300 g/mol. The lowest BCUT2D eigenvalue weighted by Gasteiger charge is -2.35. The quantitative estimate of drug-likeness (QED) is 0.0350. The van der Waals surface area contributed by atoms with Crippen molar-refractivity contribution in [1.29, 1.82) is 0 Å². The highest BCUT2D eigenvalue weighted by Crippen LogP contribution is 2.59. The first-order valence-electron chi connectivity index (χ1n) is 35.1. The Kier molecular flexibility index (Phi) is 20.7. The van der Waals surface area contributed by atoms with Gasteiger partial charge in [0.2, 0.25) is 0 Å². The van der Waals surface area contributed by atoms with E-state index in [1.165, 1.54) is 0 Å². The molecule has 0 fully saturated rings. The Bertz CT molecular complexity index is 4310. The van der Waals surface area contributed by atoms with Crippen molar-refractivity contribution in [2.45, 2.75) is 147 Å². The second kappa shape index (κ2) is 30.0. The van der Waals surface area contributed by atoms with Crippen molar-refractivity contribution in [2.75, 3.05) is 32.8 Å². The van der Waals surface area contributed by atoms with Gasteiger partial charge in [-0.1, -0.05) is 97.5 Å². The van der Waals surface area contributed by atoms with Crippen LogP contribution in [0.5, 0.6) is 34.5 Å². The highest BCUT2D eigenvalue weighted by molar-refractivity contribution is 6.35. The summed E-state index contributed by atoms with van der Waals surface area (Å²) in [5, 5.41) is 5.84. The molecule has 98 heavy (non-hydrogen) atoms. The van der Waals surface area contributed by atoms with Crippen molar-refractivity contribution in [3.63, 3.8) is 0 Å². The van der Waals surface area contributed by atoms with Gasteiger partial charge in [-0.2, -0.15) is 0 Å². The number of hydrogen-bond donors (Lipinski definition) is 0. The van der Waals surface area contributed by atoms with Crippen molar-refractivity contribution in [3.8, 4) is 34.5 Å². The molecule has 12 rings (SSSR count). The summed E-state index contributed by atoms with van der Waals surface area (Å²) in [4.78, 5) is 9.64. The van der Waals surface area contributed by atoms with Crippen LogP contribution in [0.2, 0.25) is 0 Å². The summed E-state index contributed by atoms with van der Waals surface area (Å²) >= 11 is 0. The molecule has 0 bridgehead atoms. The van der Waals surface area contributed by atoms with Crippen LogP contribution >= 0.6 is 0 Å². The molecule has 0 unspecified atom stereocenters. The fourth-order valence-electron chi connectivity index (χ4n) is 12.9. The van der Waals surface area contributed by atoms with Gasteiger partial charge >= 0.3 is 0 Å². The van der Waals surface area contributed by atoms with Gasteiger partial charge in [-0.3, -0.25) is 0 Å². The number of unbranched alkanes of at least 4 members (excludes halogenated alkanes) is 2. The van der Waals surface area contributed by atoms with E-state index in [-0.39, 0.29) is 24.4 Å². The van der Waals surface area contributed by atoms with Crippen molar-refractivity contribution in [3.05, 3.63) is 241 Å². The number of anilines is 12. The number of benzene rings is 12. The summed E-state index contributed by atoms with van der Waals surface area (Å²) in [5.41, 5.74) is 16.0. The van der Waals surface area contributed by atoms with E-state index in [9.17, 15) is 0 Å². The topological polar surface area (TPSA) is 68.3 Å². The molecule has 0 aliphatic carbocycles. The van der Waals surface area contributed by atoms with E-state index in [0.717, 1.165) is 183 Å². The van der Waals surface area contributed by atoms with Crippen LogP contribution in [0.3, 0.4) is 0 Å². The molecule has 0 saturated heterocycles. The number of nitrogens with zero attached hydrogens (tertiary/aromatic N) is 4. The van der Waals surface area contributed by atoms with E-state index >= 15 is 0 Å². The van der Waals surface area contributed by atoms with E-state index < -0.39 is 0 Å². The van der Waals surface area contributed by atoms with Gasteiger partial charge < -0.3 is 48.0 Å². The second-order valence-corrected chi connectivity index (χ2v) is 26.9. The Balaban J connectivity index is 1.35. The maximum Gasteiger partial charge on any atom is 0.129 e. The zero-order valence-electron chi connectivity index (χ0n) is 59.6. The van der Waals surface area contributed by atoms with Gasteiger partial charge in [0.15, 0.2) is 0 Å². The lowest BCUT2D eigenvalue weighted by Crippen LogP contribution is -2.17. The van der Waals surface area contributed by atoms with Crippen LogP contribution in [-0.2, 0) is 0 Å². The van der Waals surface area contributed by atoms with E-state index in [4.69, 9.17) is 28.4 Å². The number of hydrogen-bond acceptors (Lipinski definition) is 10. The Morgan fingerprint density at radius 2 is 0.480 bits per heavy atom. The summed E-state index contributed by atoms with van der Waals surface area (Å²) in [6.07, 6.45) is 3.52. The molecular formula is C88H94N4O6. The maximum atomic E-state index is 7.56. The predicted octanol–water partition coefficient (Wildman–Crippen LogP) is 25.2. The summed E-state index contributed by atoms with van der Waals surface area (Å²) in [7, 11) is 0. The largest absolute Gasteiger partial charge is 0.493 e. The molecule has 0 heterocycles. The van der Waals surface area contributed by atoms with Crippen LogP contribution in [0, 0.1) is 27.7 Å². The third-order valence-corrected chi connectivity index (χ3v) is 17.5. The van der Waals surface area contributed by atoms with Crippen LogP contribution < -0.4 is 48.0 Å². The predicted molar refractivity (Wildman–Crippen MR) is 412 cm³/mol. The molecule has 0 N–H and O–H groups in total. The van der Waals surface area contributed by atoms with Gasteiger partial charge in [-0.05, 0) is 266 Å². The zero-order valence-corrected chi connectivity index (χ0v) is 59.6. The van der Waals surface area contributed by atoms with Crippen molar-refractivity contribution in [2.24, 2.45) is 0 Å². The maximum absolute atomic E-state index is 7.56. The first-order chi connectivity index (χ1) is 47.4. The summed E-state index contributed by atoms with van der Waals surface area (Å²) in [6.45, 7) is 30.5. The van der Waals surface area contributed by atoms with Crippen LogP contribution in [0.4, 0.5) is 68.2 Å². The molecular weight excluding hydrogens is 1210 g/mol. The minimum Gasteiger partial charge on any atom is -0.493 e. The van der Waals surface area contributed by atoms with Crippen LogP contribution in [0.1, 0.15) is 117 Å². The summed E-state index contributed by atoms with van der Waals surface area (Å²) in [6, 6.07) is 79.1. The molecule has 0 atom stereocenters. The third-order valence-electron chi connectivity index (χ3n) is 17.5. The first-order valence-corrected chi connectivity index (χ1v) is 35.1. The Labute approximate surface area is 580 Å². The van der Waals surface area contributed by atoms with Crippen LogP contribution in [0.25, 0.3) is 32.3 Å². The molecule has 0 amide bonds. The molecule has 0 radical (unpaired) electrons. The molecule has 12 aromatic carbocycles. The van der Waals surface area contributed by atoms with Gasteiger partial charge in [0.05, 0.1) is 60.4 Å². The Morgan fingerprint density at radius 1 is 0.265 bits per heavy atom. The fourth-order valence-corrected chi connectivity index (χ4v) is 12.9. The Morgan fingerprint density at radius 3 is 0.694 bits per heavy atom. The molecule has 10 nitrogen and oxygen atoms in total. The second-order valence-electron chi connectivity index (χ2n) is 26.9. The van der Waals surface area contributed by atoms with Gasteiger partial charge in [0.25, 0.3) is 0 Å². The average Bonchev–Trinajstić information content (AvgIpc) is 0.690. The lowest BCUT2D eigenvalue weighted by atomic mass is 9.87. The molecule has 0 saturated carbocycles. The molecule has 0 aliphatic rings. The molecule has 12 aromatic rings. The molecule has 0 spiro atoms. The standard InChI is InChI=1S/C88H94N4O6/c1-15-17-51-93-83-53-77-79(89(65-27-19-61(11)20-28-65)69-35-43-73(44-36-69)95-57(3)4)56-82(92(68-33-25-64(14)26-34-68)72-41-49-76(50-42-72)98-60(9)10)88-84(94-52-18-16-2)54-78-80(90(66-29-21-62(12)22-30-66)70-37-45-74(46-38-70)96-58(5)6)55-81(87(83)85(78)86(77)88)91(67-31-23-63(13)24-32-67)71-39-47-75(48-40-71)97-59(7)8/h19-50,53-60H,15-18,51-52H2,1-14H3. The monoisotopic (exact) mass is 1300 g/mol.